The highest BCUT2D eigenvalue weighted by Gasteiger charge is 2.31. The van der Waals surface area contributed by atoms with Crippen LogP contribution >= 0.6 is 0 Å². The van der Waals surface area contributed by atoms with Crippen LogP contribution in [0.25, 0.3) is 0 Å². The van der Waals surface area contributed by atoms with E-state index in [1.54, 1.807) is 35.2 Å². The van der Waals surface area contributed by atoms with Crippen LogP contribution in [-0.4, -0.2) is 27.4 Å². The molecule has 3 aromatic carbocycles. The Morgan fingerprint density at radius 1 is 0.935 bits per heavy atom. The van der Waals surface area contributed by atoms with Gasteiger partial charge in [-0.05, 0) is 74.2 Å². The Bertz CT molecular complexity index is 1230. The highest BCUT2D eigenvalue weighted by molar-refractivity contribution is 7.92. The first kappa shape index (κ1) is 21.1. The maximum Gasteiger partial charge on any atom is 0.264 e. The number of fused-ring (bicyclic) bond motifs is 1. The minimum Gasteiger partial charge on any atom is -0.310 e. The molecule has 6 heteroatoms. The molecule has 0 aromatic heterocycles. The minimum absolute atomic E-state index is 0.172. The van der Waals surface area contributed by atoms with Gasteiger partial charge in [0.25, 0.3) is 10.0 Å². The summed E-state index contributed by atoms with van der Waals surface area (Å²) >= 11 is 0. The molecule has 1 amide bonds. The maximum absolute atomic E-state index is 13.6. The number of amides is 1. The average molecular weight is 435 g/mol. The van der Waals surface area contributed by atoms with Crippen molar-refractivity contribution in [2.24, 2.45) is 0 Å². The van der Waals surface area contributed by atoms with E-state index in [2.05, 4.69) is 0 Å². The Labute approximate surface area is 184 Å². The Morgan fingerprint density at radius 2 is 1.65 bits per heavy atom. The molecule has 0 atom stereocenters. The van der Waals surface area contributed by atoms with Crippen molar-refractivity contribution in [1.82, 2.24) is 0 Å². The summed E-state index contributed by atoms with van der Waals surface area (Å²) in [4.78, 5) is 15.2. The van der Waals surface area contributed by atoms with Gasteiger partial charge in [0.05, 0.1) is 10.6 Å². The van der Waals surface area contributed by atoms with Crippen LogP contribution in [0.15, 0.2) is 71.6 Å². The van der Waals surface area contributed by atoms with Crippen molar-refractivity contribution in [3.05, 3.63) is 89.0 Å². The second kappa shape index (κ2) is 8.19. The predicted molar refractivity (Wildman–Crippen MR) is 124 cm³/mol. The number of para-hydroxylation sites is 1. The number of anilines is 2. The van der Waals surface area contributed by atoms with E-state index in [0.717, 1.165) is 34.4 Å². The molecule has 1 aliphatic rings. The Hall–Kier alpha value is -3.12. The molecular formula is C25H26N2O3S. The number of sulfonamides is 1. The highest BCUT2D eigenvalue weighted by Crippen LogP contribution is 2.30. The quantitative estimate of drug-likeness (QED) is 0.598. The fraction of sp³-hybridized carbons (Fsp3) is 0.240. The summed E-state index contributed by atoms with van der Waals surface area (Å²) in [6.07, 6.45) is 0.774. The van der Waals surface area contributed by atoms with Gasteiger partial charge in [-0.2, -0.15) is 0 Å². The zero-order chi connectivity index (χ0) is 22.2. The van der Waals surface area contributed by atoms with Gasteiger partial charge in [-0.3, -0.25) is 9.10 Å². The van der Waals surface area contributed by atoms with Crippen LogP contribution in [0.5, 0.6) is 0 Å². The molecule has 0 saturated heterocycles. The van der Waals surface area contributed by atoms with E-state index in [1.807, 2.05) is 57.2 Å². The third kappa shape index (κ3) is 4.08. The lowest BCUT2D eigenvalue weighted by molar-refractivity contribution is -0.117. The van der Waals surface area contributed by atoms with Crippen LogP contribution in [-0.2, 0) is 21.2 Å². The van der Waals surface area contributed by atoms with Crippen LogP contribution < -0.4 is 9.21 Å². The van der Waals surface area contributed by atoms with Gasteiger partial charge in [-0.25, -0.2) is 8.42 Å². The maximum atomic E-state index is 13.6. The number of aryl methyl sites for hydroxylation is 3. The van der Waals surface area contributed by atoms with Crippen molar-refractivity contribution < 1.29 is 13.2 Å². The highest BCUT2D eigenvalue weighted by atomic mass is 32.2. The fourth-order valence-corrected chi connectivity index (χ4v) is 5.24. The number of hydrogen-bond acceptors (Lipinski definition) is 3. The van der Waals surface area contributed by atoms with Crippen molar-refractivity contribution >= 4 is 27.3 Å². The van der Waals surface area contributed by atoms with Crippen molar-refractivity contribution in [2.75, 3.05) is 22.3 Å². The Balaban J connectivity index is 1.73. The topological polar surface area (TPSA) is 57.7 Å². The SMILES string of the molecule is Cc1ccc(S(=O)(=O)N(CC(=O)N2CCc3ccccc32)c2ccc(C)c(C)c2)cc1. The predicted octanol–water partition coefficient (Wildman–Crippen LogP) is 4.40. The van der Waals surface area contributed by atoms with Gasteiger partial charge in [-0.15, -0.1) is 0 Å². The van der Waals surface area contributed by atoms with E-state index in [0.29, 0.717) is 12.2 Å². The average Bonchev–Trinajstić information content (AvgIpc) is 3.18. The molecule has 4 rings (SSSR count). The molecule has 0 saturated carbocycles. The second-order valence-electron chi connectivity index (χ2n) is 8.02. The summed E-state index contributed by atoms with van der Waals surface area (Å²) in [5.74, 6) is -0.237. The van der Waals surface area contributed by atoms with Gasteiger partial charge in [0.15, 0.2) is 0 Å². The number of hydrogen-bond donors (Lipinski definition) is 0. The van der Waals surface area contributed by atoms with Gasteiger partial charge in [-0.1, -0.05) is 42.0 Å². The first-order chi connectivity index (χ1) is 14.8. The fourth-order valence-electron chi connectivity index (χ4n) is 3.84. The standard InChI is InChI=1S/C25H26N2O3S/c1-18-8-12-23(13-9-18)31(29,30)27(22-11-10-19(2)20(3)16-22)17-25(28)26-15-14-21-6-4-5-7-24(21)26/h4-13,16H,14-15,17H2,1-3H3. The zero-order valence-corrected chi connectivity index (χ0v) is 18.8. The smallest absolute Gasteiger partial charge is 0.264 e. The molecule has 1 aliphatic heterocycles. The van der Waals surface area contributed by atoms with E-state index < -0.39 is 10.0 Å². The normalized spacial score (nSPS) is 13.2. The largest absolute Gasteiger partial charge is 0.310 e. The molecule has 0 aliphatic carbocycles. The number of carbonyl (C=O) groups is 1. The summed E-state index contributed by atoms with van der Waals surface area (Å²) in [5.41, 5.74) is 5.47. The van der Waals surface area contributed by atoms with Gasteiger partial charge >= 0.3 is 0 Å². The number of nitrogens with zero attached hydrogens (tertiary/aromatic N) is 2. The van der Waals surface area contributed by atoms with E-state index in [-0.39, 0.29) is 17.3 Å². The van der Waals surface area contributed by atoms with E-state index in [1.165, 1.54) is 4.31 Å². The molecule has 0 N–H and O–H groups in total. The summed E-state index contributed by atoms with van der Waals surface area (Å²) in [7, 11) is -3.92. The number of rotatable bonds is 5. The third-order valence-electron chi connectivity index (χ3n) is 5.85. The van der Waals surface area contributed by atoms with Crippen molar-refractivity contribution in [1.29, 1.82) is 0 Å². The molecule has 3 aromatic rings. The Kier molecular flexibility index (Phi) is 5.58. The third-order valence-corrected chi connectivity index (χ3v) is 7.64. The molecule has 160 valence electrons. The van der Waals surface area contributed by atoms with Gasteiger partial charge < -0.3 is 4.90 Å². The lowest BCUT2D eigenvalue weighted by atomic mass is 10.1. The molecule has 0 bridgehead atoms. The van der Waals surface area contributed by atoms with Crippen molar-refractivity contribution in [2.45, 2.75) is 32.1 Å². The van der Waals surface area contributed by atoms with Crippen molar-refractivity contribution in [3.63, 3.8) is 0 Å². The van der Waals surface area contributed by atoms with Crippen LogP contribution in [0.3, 0.4) is 0 Å². The van der Waals surface area contributed by atoms with Crippen LogP contribution in [0.4, 0.5) is 11.4 Å². The van der Waals surface area contributed by atoms with Gasteiger partial charge in [0, 0.05) is 12.2 Å². The number of benzene rings is 3. The summed E-state index contributed by atoms with van der Waals surface area (Å²) in [5, 5.41) is 0. The van der Waals surface area contributed by atoms with E-state index >= 15 is 0 Å². The first-order valence-corrected chi connectivity index (χ1v) is 11.8. The summed E-state index contributed by atoms with van der Waals surface area (Å²) < 4.78 is 28.4. The molecule has 5 nitrogen and oxygen atoms in total. The molecular weight excluding hydrogens is 408 g/mol. The van der Waals surface area contributed by atoms with E-state index in [9.17, 15) is 13.2 Å². The van der Waals surface area contributed by atoms with Crippen LogP contribution in [0, 0.1) is 20.8 Å². The summed E-state index contributed by atoms with van der Waals surface area (Å²) in [6.45, 7) is 6.13. The monoisotopic (exact) mass is 434 g/mol. The first-order valence-electron chi connectivity index (χ1n) is 10.3. The zero-order valence-electron chi connectivity index (χ0n) is 18.0. The van der Waals surface area contributed by atoms with Crippen molar-refractivity contribution in [3.8, 4) is 0 Å². The van der Waals surface area contributed by atoms with Gasteiger partial charge in [0.1, 0.15) is 6.54 Å². The van der Waals surface area contributed by atoms with Crippen LogP contribution in [0.1, 0.15) is 22.3 Å². The number of carbonyl (C=O) groups excluding carboxylic acids is 1. The minimum atomic E-state index is -3.92. The molecule has 31 heavy (non-hydrogen) atoms. The molecule has 0 radical (unpaired) electrons. The molecule has 1 heterocycles. The molecule has 0 spiro atoms. The van der Waals surface area contributed by atoms with E-state index in [4.69, 9.17) is 0 Å². The second-order valence-corrected chi connectivity index (χ2v) is 9.88. The van der Waals surface area contributed by atoms with Crippen LogP contribution in [0.2, 0.25) is 0 Å². The molecule has 0 fully saturated rings. The van der Waals surface area contributed by atoms with Gasteiger partial charge in [0.2, 0.25) is 5.91 Å². The summed E-state index contributed by atoms with van der Waals surface area (Å²) in [6, 6.07) is 20.0. The lowest BCUT2D eigenvalue weighted by Crippen LogP contribution is -2.42. The molecule has 0 unspecified atom stereocenters. The lowest BCUT2D eigenvalue weighted by Gasteiger charge is -2.27. The Morgan fingerprint density at radius 3 is 2.35 bits per heavy atom.